The third kappa shape index (κ3) is 4.17. The maximum absolute atomic E-state index is 12.1. The average molecular weight is 286 g/mol. The van der Waals surface area contributed by atoms with Crippen molar-refractivity contribution < 1.29 is 9.53 Å². The molecule has 0 saturated carbocycles. The summed E-state index contributed by atoms with van der Waals surface area (Å²) in [5, 5.41) is 5.90. The van der Waals surface area contributed by atoms with Crippen molar-refractivity contribution in [2.45, 2.75) is 13.3 Å². The van der Waals surface area contributed by atoms with Crippen molar-refractivity contribution >= 4 is 17.4 Å². The number of hydrogen-bond acceptors (Lipinski definition) is 5. The minimum Gasteiger partial charge on any atom is -0.497 e. The summed E-state index contributed by atoms with van der Waals surface area (Å²) in [7, 11) is 1.60. The van der Waals surface area contributed by atoms with Crippen molar-refractivity contribution in [1.82, 2.24) is 9.97 Å². The largest absolute Gasteiger partial charge is 0.497 e. The Morgan fingerprint density at radius 1 is 1.24 bits per heavy atom. The Bertz CT molecular complexity index is 599. The average Bonchev–Trinajstić information content (AvgIpc) is 2.54. The van der Waals surface area contributed by atoms with Crippen LogP contribution in [0.1, 0.15) is 23.8 Å². The summed E-state index contributed by atoms with van der Waals surface area (Å²) in [4.78, 5) is 20.2. The zero-order chi connectivity index (χ0) is 15.1. The van der Waals surface area contributed by atoms with Gasteiger partial charge in [-0.3, -0.25) is 4.79 Å². The summed E-state index contributed by atoms with van der Waals surface area (Å²) in [5.41, 5.74) is 1.00. The molecule has 0 radical (unpaired) electrons. The number of benzene rings is 1. The van der Waals surface area contributed by atoms with E-state index in [1.54, 1.807) is 37.4 Å². The van der Waals surface area contributed by atoms with E-state index in [1.807, 2.05) is 0 Å². The lowest BCUT2D eigenvalue weighted by Gasteiger charge is -2.07. The number of nitrogens with one attached hydrogen (secondary N) is 2. The number of anilines is 2. The molecule has 0 unspecified atom stereocenters. The van der Waals surface area contributed by atoms with Gasteiger partial charge in [-0.15, -0.1) is 0 Å². The smallest absolute Gasteiger partial charge is 0.274 e. The normalized spacial score (nSPS) is 10.0. The number of carbonyl (C=O) groups is 1. The summed E-state index contributed by atoms with van der Waals surface area (Å²) in [6.45, 7) is 2.86. The van der Waals surface area contributed by atoms with Gasteiger partial charge in [0.05, 0.1) is 7.11 Å². The van der Waals surface area contributed by atoms with Crippen LogP contribution in [0.5, 0.6) is 5.75 Å². The molecule has 0 aliphatic heterocycles. The molecule has 0 saturated heterocycles. The van der Waals surface area contributed by atoms with E-state index in [1.165, 1.54) is 6.33 Å². The molecule has 6 nitrogen and oxygen atoms in total. The van der Waals surface area contributed by atoms with E-state index in [0.29, 0.717) is 17.2 Å². The quantitative estimate of drug-likeness (QED) is 0.853. The molecular formula is C15H18N4O2. The van der Waals surface area contributed by atoms with Gasteiger partial charge in [0, 0.05) is 18.3 Å². The second kappa shape index (κ2) is 7.23. The minimum absolute atomic E-state index is 0.276. The molecule has 2 aromatic rings. The predicted octanol–water partition coefficient (Wildman–Crippen LogP) is 2.56. The molecule has 21 heavy (non-hydrogen) atoms. The van der Waals surface area contributed by atoms with Gasteiger partial charge in [0.1, 0.15) is 23.6 Å². The van der Waals surface area contributed by atoms with E-state index in [0.717, 1.165) is 18.7 Å². The maximum atomic E-state index is 12.1. The van der Waals surface area contributed by atoms with E-state index in [-0.39, 0.29) is 5.91 Å². The van der Waals surface area contributed by atoms with Gasteiger partial charge < -0.3 is 15.4 Å². The van der Waals surface area contributed by atoms with Gasteiger partial charge in [0.2, 0.25) is 0 Å². The van der Waals surface area contributed by atoms with Crippen LogP contribution in [0.4, 0.5) is 11.5 Å². The van der Waals surface area contributed by atoms with E-state index in [4.69, 9.17) is 4.74 Å². The number of nitrogens with zero attached hydrogens (tertiary/aromatic N) is 2. The fourth-order valence-electron chi connectivity index (χ4n) is 1.70. The Balaban J connectivity index is 2.05. The molecule has 0 bridgehead atoms. The summed E-state index contributed by atoms with van der Waals surface area (Å²) in [5.74, 6) is 1.11. The van der Waals surface area contributed by atoms with Crippen LogP contribution in [0.2, 0.25) is 0 Å². The lowest BCUT2D eigenvalue weighted by molar-refractivity contribution is 0.102. The van der Waals surface area contributed by atoms with Crippen LogP contribution in [0.25, 0.3) is 0 Å². The second-order valence-electron chi connectivity index (χ2n) is 4.40. The molecule has 0 aliphatic rings. The van der Waals surface area contributed by atoms with E-state index >= 15 is 0 Å². The SMILES string of the molecule is CCCNc1cc(C(=O)Nc2ccc(OC)cc2)ncn1. The fraction of sp³-hybridized carbons (Fsp3) is 0.267. The standard InChI is InChI=1S/C15H18N4O2/c1-3-8-16-14-9-13(17-10-18-14)15(20)19-11-4-6-12(21-2)7-5-11/h4-7,9-10H,3,8H2,1-2H3,(H,19,20)(H,16,17,18). The lowest BCUT2D eigenvalue weighted by atomic mass is 10.3. The molecule has 1 aromatic carbocycles. The zero-order valence-corrected chi connectivity index (χ0v) is 12.1. The molecule has 0 aliphatic carbocycles. The number of ether oxygens (including phenoxy) is 1. The lowest BCUT2D eigenvalue weighted by Crippen LogP contribution is -2.14. The third-order valence-corrected chi connectivity index (χ3v) is 2.80. The van der Waals surface area contributed by atoms with Crippen LogP contribution in [0.15, 0.2) is 36.7 Å². The predicted molar refractivity (Wildman–Crippen MR) is 81.8 cm³/mol. The summed E-state index contributed by atoms with van der Waals surface area (Å²) in [6.07, 6.45) is 2.36. The monoisotopic (exact) mass is 286 g/mol. The van der Waals surface area contributed by atoms with Crippen LogP contribution >= 0.6 is 0 Å². The van der Waals surface area contributed by atoms with Crippen molar-refractivity contribution in [2.75, 3.05) is 24.3 Å². The van der Waals surface area contributed by atoms with Crippen LogP contribution in [0.3, 0.4) is 0 Å². The highest BCUT2D eigenvalue weighted by molar-refractivity contribution is 6.03. The zero-order valence-electron chi connectivity index (χ0n) is 12.1. The van der Waals surface area contributed by atoms with Gasteiger partial charge >= 0.3 is 0 Å². The number of methoxy groups -OCH3 is 1. The highest BCUT2D eigenvalue weighted by Gasteiger charge is 2.09. The molecule has 1 amide bonds. The van der Waals surface area contributed by atoms with Gasteiger partial charge in [-0.2, -0.15) is 0 Å². The first-order chi connectivity index (χ1) is 10.2. The Morgan fingerprint density at radius 3 is 2.67 bits per heavy atom. The first-order valence-electron chi connectivity index (χ1n) is 6.74. The van der Waals surface area contributed by atoms with Crippen molar-refractivity contribution in [2.24, 2.45) is 0 Å². The van der Waals surface area contributed by atoms with Crippen molar-refractivity contribution in [1.29, 1.82) is 0 Å². The highest BCUT2D eigenvalue weighted by Crippen LogP contribution is 2.16. The fourth-order valence-corrected chi connectivity index (χ4v) is 1.70. The topological polar surface area (TPSA) is 76.1 Å². The molecule has 0 atom stereocenters. The van der Waals surface area contributed by atoms with Crippen LogP contribution < -0.4 is 15.4 Å². The third-order valence-electron chi connectivity index (χ3n) is 2.80. The van der Waals surface area contributed by atoms with Gasteiger partial charge in [0.15, 0.2) is 0 Å². The molecule has 1 aromatic heterocycles. The minimum atomic E-state index is -0.276. The highest BCUT2D eigenvalue weighted by atomic mass is 16.5. The van der Waals surface area contributed by atoms with Crippen LogP contribution in [0, 0.1) is 0 Å². The van der Waals surface area contributed by atoms with Crippen molar-refractivity contribution in [3.05, 3.63) is 42.4 Å². The van der Waals surface area contributed by atoms with Crippen LogP contribution in [-0.2, 0) is 0 Å². The van der Waals surface area contributed by atoms with E-state index in [9.17, 15) is 4.79 Å². The molecule has 0 fully saturated rings. The Morgan fingerprint density at radius 2 is 2.00 bits per heavy atom. The van der Waals surface area contributed by atoms with Crippen molar-refractivity contribution in [3.8, 4) is 5.75 Å². The van der Waals surface area contributed by atoms with Gasteiger partial charge in [-0.05, 0) is 30.7 Å². The summed E-state index contributed by atoms with van der Waals surface area (Å²) < 4.78 is 5.07. The molecular weight excluding hydrogens is 268 g/mol. The van der Waals surface area contributed by atoms with Crippen molar-refractivity contribution in [3.63, 3.8) is 0 Å². The van der Waals surface area contributed by atoms with E-state index < -0.39 is 0 Å². The first kappa shape index (κ1) is 14.8. The number of hydrogen-bond donors (Lipinski definition) is 2. The molecule has 110 valence electrons. The summed E-state index contributed by atoms with van der Waals surface area (Å²) >= 11 is 0. The molecule has 1 heterocycles. The Labute approximate surface area is 123 Å². The van der Waals surface area contributed by atoms with E-state index in [2.05, 4.69) is 27.5 Å². The molecule has 2 rings (SSSR count). The number of rotatable bonds is 6. The Kier molecular flexibility index (Phi) is 5.09. The van der Waals surface area contributed by atoms with Gasteiger partial charge in [0.25, 0.3) is 5.91 Å². The molecule has 0 spiro atoms. The number of carbonyl (C=O) groups excluding carboxylic acids is 1. The number of aromatic nitrogens is 2. The van der Waals surface area contributed by atoms with Gasteiger partial charge in [-0.1, -0.05) is 6.92 Å². The second-order valence-corrected chi connectivity index (χ2v) is 4.40. The number of amides is 1. The molecule has 2 N–H and O–H groups in total. The Hall–Kier alpha value is -2.63. The summed E-state index contributed by atoms with van der Waals surface area (Å²) in [6, 6.07) is 8.74. The van der Waals surface area contributed by atoms with Gasteiger partial charge in [-0.25, -0.2) is 9.97 Å². The van der Waals surface area contributed by atoms with Crippen LogP contribution in [-0.4, -0.2) is 29.5 Å². The first-order valence-corrected chi connectivity index (χ1v) is 6.74. The maximum Gasteiger partial charge on any atom is 0.274 e. The molecule has 6 heteroatoms.